The molecular weight excluding hydrogens is 256 g/mol. The molecule has 0 aromatic carbocycles. The second-order valence-corrected chi connectivity index (χ2v) is 5.19. The smallest absolute Gasteiger partial charge is 0.138 e. The van der Waals surface area contributed by atoms with E-state index in [-0.39, 0.29) is 0 Å². The number of hydrogen-bond donors (Lipinski definition) is 1. The van der Waals surface area contributed by atoms with E-state index in [0.29, 0.717) is 0 Å². The van der Waals surface area contributed by atoms with E-state index in [2.05, 4.69) is 26.3 Å². The van der Waals surface area contributed by atoms with Gasteiger partial charge in [-0.15, -0.1) is 11.3 Å². The third kappa shape index (κ3) is 2.71. The van der Waals surface area contributed by atoms with E-state index in [9.17, 15) is 0 Å². The van der Waals surface area contributed by atoms with Gasteiger partial charge in [0.2, 0.25) is 0 Å². The largest absolute Gasteiger partial charge is 0.369 e. The van der Waals surface area contributed by atoms with Crippen molar-refractivity contribution in [3.05, 3.63) is 47.4 Å². The molecule has 19 heavy (non-hydrogen) atoms. The van der Waals surface area contributed by atoms with E-state index < -0.39 is 0 Å². The summed E-state index contributed by atoms with van der Waals surface area (Å²) in [6.45, 7) is 2.78. The number of aryl methyl sites for hydroxylation is 1. The minimum Gasteiger partial charge on any atom is -0.369 e. The standard InChI is InChI=1S/C14H14N4S/c1-10-17-13(12-5-9-19-14(12)18-10)16-8-4-11-2-6-15-7-3-11/h2-3,5-7,9H,4,8H2,1H3,(H,16,17,18). The molecule has 0 spiro atoms. The number of aromatic nitrogens is 3. The average molecular weight is 270 g/mol. The van der Waals surface area contributed by atoms with Crippen molar-refractivity contribution in [3.8, 4) is 0 Å². The number of nitrogens with zero attached hydrogens (tertiary/aromatic N) is 3. The van der Waals surface area contributed by atoms with E-state index in [1.807, 2.05) is 36.8 Å². The normalized spacial score (nSPS) is 10.8. The van der Waals surface area contributed by atoms with Crippen LogP contribution in [0, 0.1) is 6.92 Å². The van der Waals surface area contributed by atoms with Gasteiger partial charge in [0, 0.05) is 18.9 Å². The molecule has 0 aliphatic rings. The van der Waals surface area contributed by atoms with E-state index in [0.717, 1.165) is 34.8 Å². The number of hydrogen-bond acceptors (Lipinski definition) is 5. The molecule has 5 heteroatoms. The first kappa shape index (κ1) is 12.0. The predicted molar refractivity (Wildman–Crippen MR) is 78.6 cm³/mol. The molecule has 1 N–H and O–H groups in total. The number of fused-ring (bicyclic) bond motifs is 1. The quantitative estimate of drug-likeness (QED) is 0.791. The predicted octanol–water partition coefficient (Wildman–Crippen LogP) is 3.05. The van der Waals surface area contributed by atoms with Gasteiger partial charge in [0.05, 0.1) is 5.39 Å². The maximum Gasteiger partial charge on any atom is 0.138 e. The Balaban J connectivity index is 1.73. The minimum atomic E-state index is 0.807. The fourth-order valence-corrected chi connectivity index (χ4v) is 2.78. The van der Waals surface area contributed by atoms with Gasteiger partial charge in [-0.05, 0) is 42.5 Å². The van der Waals surface area contributed by atoms with E-state index in [1.54, 1.807) is 11.3 Å². The van der Waals surface area contributed by atoms with Crippen molar-refractivity contribution in [2.45, 2.75) is 13.3 Å². The van der Waals surface area contributed by atoms with Gasteiger partial charge in [0.1, 0.15) is 16.5 Å². The fourth-order valence-electron chi connectivity index (χ4n) is 1.97. The van der Waals surface area contributed by atoms with Gasteiger partial charge in [-0.3, -0.25) is 4.98 Å². The zero-order chi connectivity index (χ0) is 13.1. The highest BCUT2D eigenvalue weighted by Gasteiger charge is 2.06. The molecule has 0 atom stereocenters. The summed E-state index contributed by atoms with van der Waals surface area (Å²) < 4.78 is 0. The van der Waals surface area contributed by atoms with Crippen molar-refractivity contribution >= 4 is 27.4 Å². The van der Waals surface area contributed by atoms with Crippen molar-refractivity contribution in [2.24, 2.45) is 0 Å². The molecule has 3 heterocycles. The molecule has 3 aromatic rings. The third-order valence-corrected chi connectivity index (χ3v) is 3.70. The lowest BCUT2D eigenvalue weighted by Crippen LogP contribution is -2.07. The Kier molecular flexibility index (Phi) is 3.37. The lowest BCUT2D eigenvalue weighted by molar-refractivity contribution is 0.990. The summed E-state index contributed by atoms with van der Waals surface area (Å²) in [7, 11) is 0. The molecule has 0 unspecified atom stereocenters. The fraction of sp³-hybridized carbons (Fsp3) is 0.214. The zero-order valence-corrected chi connectivity index (χ0v) is 11.4. The Labute approximate surface area is 115 Å². The Morgan fingerprint density at radius 2 is 2.00 bits per heavy atom. The van der Waals surface area contributed by atoms with E-state index >= 15 is 0 Å². The molecule has 0 saturated carbocycles. The lowest BCUT2D eigenvalue weighted by Gasteiger charge is -2.07. The highest BCUT2D eigenvalue weighted by Crippen LogP contribution is 2.24. The number of anilines is 1. The minimum absolute atomic E-state index is 0.807. The molecule has 3 rings (SSSR count). The van der Waals surface area contributed by atoms with Gasteiger partial charge in [-0.2, -0.15) is 0 Å². The second-order valence-electron chi connectivity index (χ2n) is 4.29. The van der Waals surface area contributed by atoms with E-state index in [1.165, 1.54) is 5.56 Å². The van der Waals surface area contributed by atoms with Crippen molar-refractivity contribution < 1.29 is 0 Å². The van der Waals surface area contributed by atoms with Gasteiger partial charge in [-0.1, -0.05) is 0 Å². The summed E-state index contributed by atoms with van der Waals surface area (Å²) >= 11 is 1.65. The van der Waals surface area contributed by atoms with Crippen LogP contribution in [-0.2, 0) is 6.42 Å². The van der Waals surface area contributed by atoms with Crippen LogP contribution < -0.4 is 5.32 Å². The van der Waals surface area contributed by atoms with Crippen molar-refractivity contribution in [3.63, 3.8) is 0 Å². The number of thiophene rings is 1. The van der Waals surface area contributed by atoms with Crippen molar-refractivity contribution in [1.29, 1.82) is 0 Å². The molecule has 96 valence electrons. The number of rotatable bonds is 4. The zero-order valence-electron chi connectivity index (χ0n) is 10.6. The summed E-state index contributed by atoms with van der Waals surface area (Å²) in [6.07, 6.45) is 4.60. The maximum absolute atomic E-state index is 4.48. The first-order valence-electron chi connectivity index (χ1n) is 6.17. The van der Waals surface area contributed by atoms with Crippen LogP contribution in [-0.4, -0.2) is 21.5 Å². The van der Waals surface area contributed by atoms with Crippen LogP contribution in [0.2, 0.25) is 0 Å². The first-order valence-corrected chi connectivity index (χ1v) is 7.05. The van der Waals surface area contributed by atoms with Gasteiger partial charge in [0.25, 0.3) is 0 Å². The van der Waals surface area contributed by atoms with Crippen molar-refractivity contribution in [2.75, 3.05) is 11.9 Å². The highest BCUT2D eigenvalue weighted by atomic mass is 32.1. The van der Waals surface area contributed by atoms with Gasteiger partial charge < -0.3 is 5.32 Å². The molecule has 4 nitrogen and oxygen atoms in total. The van der Waals surface area contributed by atoms with Crippen LogP contribution in [0.4, 0.5) is 5.82 Å². The summed E-state index contributed by atoms with van der Waals surface area (Å²) in [6, 6.07) is 6.13. The summed E-state index contributed by atoms with van der Waals surface area (Å²) in [4.78, 5) is 14.0. The summed E-state index contributed by atoms with van der Waals surface area (Å²) in [5, 5.41) is 6.55. The highest BCUT2D eigenvalue weighted by molar-refractivity contribution is 7.16. The van der Waals surface area contributed by atoms with Gasteiger partial charge in [-0.25, -0.2) is 9.97 Å². The van der Waals surface area contributed by atoms with Crippen LogP contribution in [0.15, 0.2) is 36.0 Å². The van der Waals surface area contributed by atoms with Crippen LogP contribution in [0.25, 0.3) is 10.2 Å². The second kappa shape index (κ2) is 5.32. The molecule has 0 fully saturated rings. The molecule has 0 bridgehead atoms. The maximum atomic E-state index is 4.48. The summed E-state index contributed by atoms with van der Waals surface area (Å²) in [5.74, 6) is 1.74. The Hall–Kier alpha value is -2.01. The molecule has 3 aromatic heterocycles. The topological polar surface area (TPSA) is 50.7 Å². The first-order chi connectivity index (χ1) is 9.33. The molecule has 0 aliphatic heterocycles. The summed E-state index contributed by atoms with van der Waals surface area (Å²) in [5.41, 5.74) is 1.27. The van der Waals surface area contributed by atoms with Crippen LogP contribution in [0.1, 0.15) is 11.4 Å². The molecule has 0 aliphatic carbocycles. The molecule has 0 amide bonds. The lowest BCUT2D eigenvalue weighted by atomic mass is 10.2. The molecular formula is C14H14N4S. The third-order valence-electron chi connectivity index (χ3n) is 2.89. The Bertz CT molecular complexity index is 678. The average Bonchev–Trinajstić information content (AvgIpc) is 2.88. The van der Waals surface area contributed by atoms with Crippen LogP contribution in [0.3, 0.4) is 0 Å². The van der Waals surface area contributed by atoms with E-state index in [4.69, 9.17) is 0 Å². The SMILES string of the molecule is Cc1nc(NCCc2ccncc2)c2ccsc2n1. The van der Waals surface area contributed by atoms with Gasteiger partial charge >= 0.3 is 0 Å². The Morgan fingerprint density at radius 3 is 2.84 bits per heavy atom. The molecule has 0 radical (unpaired) electrons. The number of pyridine rings is 1. The Morgan fingerprint density at radius 1 is 1.16 bits per heavy atom. The number of nitrogens with one attached hydrogen (secondary N) is 1. The molecule has 0 saturated heterocycles. The van der Waals surface area contributed by atoms with Crippen LogP contribution in [0.5, 0.6) is 0 Å². The van der Waals surface area contributed by atoms with Gasteiger partial charge in [0.15, 0.2) is 0 Å². The monoisotopic (exact) mass is 270 g/mol. The van der Waals surface area contributed by atoms with Crippen molar-refractivity contribution in [1.82, 2.24) is 15.0 Å². The van der Waals surface area contributed by atoms with Crippen LogP contribution >= 0.6 is 11.3 Å².